The van der Waals surface area contributed by atoms with E-state index < -0.39 is 0 Å². The Morgan fingerprint density at radius 2 is 1.84 bits per heavy atom. The minimum Gasteiger partial charge on any atom is -0.497 e. The zero-order chi connectivity index (χ0) is 21.8. The molecule has 0 aliphatic carbocycles. The topological polar surface area (TPSA) is 75.0 Å². The van der Waals surface area contributed by atoms with Crippen LogP contribution in [0.3, 0.4) is 0 Å². The van der Waals surface area contributed by atoms with Gasteiger partial charge in [0.05, 0.1) is 7.11 Å². The Kier molecular flexibility index (Phi) is 6.23. The molecule has 1 N–H and O–H groups in total. The summed E-state index contributed by atoms with van der Waals surface area (Å²) in [5.74, 6) is 0.230. The number of rotatable bonds is 6. The minimum absolute atomic E-state index is 0.168. The van der Waals surface area contributed by atoms with Crippen molar-refractivity contribution < 1.29 is 18.7 Å². The van der Waals surface area contributed by atoms with Crippen molar-refractivity contribution in [1.82, 2.24) is 9.80 Å². The SMILES string of the molecule is CCCN1CCN(C(=O)c2oc3ccccc3c2NC(=O)c2cccc(OC)c2)CC1. The van der Waals surface area contributed by atoms with Crippen LogP contribution in [0.15, 0.2) is 52.9 Å². The lowest BCUT2D eigenvalue weighted by molar-refractivity contribution is 0.0610. The summed E-state index contributed by atoms with van der Waals surface area (Å²) in [7, 11) is 1.55. The maximum absolute atomic E-state index is 13.3. The van der Waals surface area contributed by atoms with Crippen LogP contribution >= 0.6 is 0 Å². The standard InChI is InChI=1S/C24H27N3O4/c1-3-11-26-12-14-27(15-13-26)24(29)22-21(19-9-4-5-10-20(19)31-22)25-23(28)17-7-6-8-18(16-17)30-2/h4-10,16H,3,11-15H2,1-2H3,(H,25,28). The molecule has 1 fully saturated rings. The van der Waals surface area contributed by atoms with Crippen LogP contribution in [-0.2, 0) is 0 Å². The summed E-state index contributed by atoms with van der Waals surface area (Å²) in [6.07, 6.45) is 1.10. The number of amides is 2. The fraction of sp³-hybridized carbons (Fsp3) is 0.333. The highest BCUT2D eigenvalue weighted by Gasteiger charge is 2.29. The summed E-state index contributed by atoms with van der Waals surface area (Å²) < 4.78 is 11.1. The lowest BCUT2D eigenvalue weighted by Gasteiger charge is -2.34. The highest BCUT2D eigenvalue weighted by atomic mass is 16.5. The van der Waals surface area contributed by atoms with Crippen molar-refractivity contribution in [2.24, 2.45) is 0 Å². The summed E-state index contributed by atoms with van der Waals surface area (Å²) >= 11 is 0. The van der Waals surface area contributed by atoms with Gasteiger partial charge in [0.1, 0.15) is 17.0 Å². The summed E-state index contributed by atoms with van der Waals surface area (Å²) in [6.45, 7) is 6.15. The van der Waals surface area contributed by atoms with Crippen LogP contribution in [0.5, 0.6) is 5.75 Å². The molecular formula is C24H27N3O4. The fourth-order valence-electron chi connectivity index (χ4n) is 3.90. The summed E-state index contributed by atoms with van der Waals surface area (Å²) in [4.78, 5) is 30.4. The Balaban J connectivity index is 1.61. The van der Waals surface area contributed by atoms with Gasteiger partial charge in [0, 0.05) is 37.1 Å². The fourth-order valence-corrected chi connectivity index (χ4v) is 3.90. The van der Waals surface area contributed by atoms with Crippen LogP contribution in [0.25, 0.3) is 11.0 Å². The molecule has 7 nitrogen and oxygen atoms in total. The van der Waals surface area contributed by atoms with E-state index in [4.69, 9.17) is 9.15 Å². The van der Waals surface area contributed by atoms with Gasteiger partial charge in [-0.15, -0.1) is 0 Å². The maximum atomic E-state index is 13.3. The number of hydrogen-bond donors (Lipinski definition) is 1. The van der Waals surface area contributed by atoms with E-state index in [0.717, 1.165) is 26.1 Å². The number of benzene rings is 2. The van der Waals surface area contributed by atoms with Crippen LogP contribution < -0.4 is 10.1 Å². The molecule has 0 spiro atoms. The average molecular weight is 421 g/mol. The van der Waals surface area contributed by atoms with Gasteiger partial charge in [0.2, 0.25) is 5.76 Å². The maximum Gasteiger partial charge on any atom is 0.291 e. The number of nitrogens with zero attached hydrogens (tertiary/aromatic N) is 2. The number of para-hydroxylation sites is 1. The first kappa shape index (κ1) is 20.9. The first-order valence-corrected chi connectivity index (χ1v) is 10.6. The number of piperazine rings is 1. The first-order valence-electron chi connectivity index (χ1n) is 10.6. The molecule has 0 bridgehead atoms. The normalized spacial score (nSPS) is 14.6. The molecule has 1 saturated heterocycles. The van der Waals surface area contributed by atoms with Gasteiger partial charge >= 0.3 is 0 Å². The Labute approximate surface area is 181 Å². The quantitative estimate of drug-likeness (QED) is 0.654. The molecule has 0 saturated carbocycles. The van der Waals surface area contributed by atoms with E-state index >= 15 is 0 Å². The molecule has 0 radical (unpaired) electrons. The van der Waals surface area contributed by atoms with Crippen molar-refractivity contribution in [3.05, 3.63) is 59.9 Å². The highest BCUT2D eigenvalue weighted by Crippen LogP contribution is 2.32. The van der Waals surface area contributed by atoms with Crippen LogP contribution in [0.4, 0.5) is 5.69 Å². The molecule has 2 heterocycles. The second-order valence-electron chi connectivity index (χ2n) is 7.62. The van der Waals surface area contributed by atoms with Crippen LogP contribution in [0.2, 0.25) is 0 Å². The number of fused-ring (bicyclic) bond motifs is 1. The number of carbonyl (C=O) groups excluding carboxylic acids is 2. The predicted octanol–water partition coefficient (Wildman–Crippen LogP) is 3.86. The molecule has 3 aromatic rings. The van der Waals surface area contributed by atoms with Crippen LogP contribution in [-0.4, -0.2) is 61.4 Å². The van der Waals surface area contributed by atoms with Gasteiger partial charge in [-0.1, -0.05) is 25.1 Å². The lowest BCUT2D eigenvalue weighted by atomic mass is 10.1. The molecule has 2 amide bonds. The zero-order valence-electron chi connectivity index (χ0n) is 17.9. The third-order valence-corrected chi connectivity index (χ3v) is 5.56. The molecule has 2 aromatic carbocycles. The van der Waals surface area contributed by atoms with Gasteiger partial charge in [-0.25, -0.2) is 0 Å². The van der Waals surface area contributed by atoms with Crippen molar-refractivity contribution in [2.45, 2.75) is 13.3 Å². The van der Waals surface area contributed by atoms with Crippen molar-refractivity contribution in [3.63, 3.8) is 0 Å². The first-order chi connectivity index (χ1) is 15.1. The zero-order valence-corrected chi connectivity index (χ0v) is 17.9. The van der Waals surface area contributed by atoms with Gasteiger partial charge in [0.15, 0.2) is 0 Å². The summed E-state index contributed by atoms with van der Waals surface area (Å²) in [5.41, 5.74) is 1.41. The Morgan fingerprint density at radius 3 is 2.58 bits per heavy atom. The van der Waals surface area contributed by atoms with Gasteiger partial charge in [-0.3, -0.25) is 14.5 Å². The van der Waals surface area contributed by atoms with Crippen molar-refractivity contribution in [2.75, 3.05) is 45.2 Å². The highest BCUT2D eigenvalue weighted by molar-refractivity contribution is 6.14. The van der Waals surface area contributed by atoms with Gasteiger partial charge < -0.3 is 19.4 Å². The second-order valence-corrected chi connectivity index (χ2v) is 7.62. The van der Waals surface area contributed by atoms with E-state index in [2.05, 4.69) is 17.1 Å². The predicted molar refractivity (Wildman–Crippen MR) is 120 cm³/mol. The van der Waals surface area contributed by atoms with E-state index in [0.29, 0.717) is 41.1 Å². The molecule has 7 heteroatoms. The molecule has 4 rings (SSSR count). The molecule has 0 unspecified atom stereocenters. The number of furan rings is 1. The average Bonchev–Trinajstić information content (AvgIpc) is 3.17. The van der Waals surface area contributed by atoms with E-state index in [1.54, 1.807) is 42.3 Å². The molecule has 1 aliphatic heterocycles. The Morgan fingerprint density at radius 1 is 1.06 bits per heavy atom. The third kappa shape index (κ3) is 4.41. The van der Waals surface area contributed by atoms with Gasteiger partial charge in [-0.2, -0.15) is 0 Å². The van der Waals surface area contributed by atoms with Crippen LogP contribution in [0, 0.1) is 0 Å². The number of anilines is 1. The van der Waals surface area contributed by atoms with Crippen molar-refractivity contribution >= 4 is 28.5 Å². The van der Waals surface area contributed by atoms with Crippen molar-refractivity contribution in [3.8, 4) is 5.75 Å². The van der Waals surface area contributed by atoms with Crippen molar-refractivity contribution in [1.29, 1.82) is 0 Å². The molecule has 0 atom stereocenters. The van der Waals surface area contributed by atoms with Crippen LogP contribution in [0.1, 0.15) is 34.3 Å². The van der Waals surface area contributed by atoms with Gasteiger partial charge in [0.25, 0.3) is 11.8 Å². The minimum atomic E-state index is -0.327. The number of ether oxygens (including phenoxy) is 1. The monoisotopic (exact) mass is 421 g/mol. The number of hydrogen-bond acceptors (Lipinski definition) is 5. The summed E-state index contributed by atoms with van der Waals surface area (Å²) in [6, 6.07) is 14.2. The smallest absolute Gasteiger partial charge is 0.291 e. The van der Waals surface area contributed by atoms with E-state index in [1.165, 1.54) is 0 Å². The molecule has 31 heavy (non-hydrogen) atoms. The largest absolute Gasteiger partial charge is 0.497 e. The Hall–Kier alpha value is -3.32. The molecule has 1 aliphatic rings. The Bertz CT molecular complexity index is 1080. The summed E-state index contributed by atoms with van der Waals surface area (Å²) in [5, 5.41) is 3.60. The third-order valence-electron chi connectivity index (χ3n) is 5.56. The van der Waals surface area contributed by atoms with Gasteiger partial charge in [-0.05, 0) is 43.3 Å². The number of methoxy groups -OCH3 is 1. The van der Waals surface area contributed by atoms with E-state index in [1.807, 2.05) is 18.2 Å². The van der Waals surface area contributed by atoms with E-state index in [9.17, 15) is 9.59 Å². The molecule has 162 valence electrons. The molecular weight excluding hydrogens is 394 g/mol. The second kappa shape index (κ2) is 9.22. The lowest BCUT2D eigenvalue weighted by Crippen LogP contribution is -2.48. The van der Waals surface area contributed by atoms with E-state index in [-0.39, 0.29) is 17.6 Å². The number of carbonyl (C=O) groups is 2. The molecule has 1 aromatic heterocycles. The number of nitrogens with one attached hydrogen (secondary N) is 1.